The van der Waals surface area contributed by atoms with Gasteiger partial charge in [-0.1, -0.05) is 26.0 Å². The molecule has 0 spiro atoms. The molecule has 1 aromatic heterocycles. The molecule has 0 bridgehead atoms. The highest BCUT2D eigenvalue weighted by molar-refractivity contribution is 7.90. The van der Waals surface area contributed by atoms with Gasteiger partial charge in [-0.25, -0.2) is 13.1 Å². The van der Waals surface area contributed by atoms with Crippen LogP contribution in [0.4, 0.5) is 13.2 Å². The minimum atomic E-state index is -4.66. The van der Waals surface area contributed by atoms with E-state index in [0.29, 0.717) is 5.56 Å². The van der Waals surface area contributed by atoms with Gasteiger partial charge in [0.2, 0.25) is 0 Å². The van der Waals surface area contributed by atoms with Crippen LogP contribution in [0, 0.1) is 5.41 Å². The van der Waals surface area contributed by atoms with Gasteiger partial charge in [0.15, 0.2) is 15.6 Å². The summed E-state index contributed by atoms with van der Waals surface area (Å²) in [4.78, 5) is 12.6. The van der Waals surface area contributed by atoms with Crippen molar-refractivity contribution in [3.05, 3.63) is 40.8 Å². The molecule has 160 valence electrons. The molecule has 1 heterocycles. The van der Waals surface area contributed by atoms with Gasteiger partial charge in [0.05, 0.1) is 24.3 Å². The summed E-state index contributed by atoms with van der Waals surface area (Å²) in [5.74, 6) is -0.363. The van der Waals surface area contributed by atoms with Crippen molar-refractivity contribution < 1.29 is 31.4 Å². The number of hydrogen-bond acceptors (Lipinski definition) is 6. The first-order valence-corrected chi connectivity index (χ1v) is 10.3. The highest BCUT2D eigenvalue weighted by Crippen LogP contribution is 2.29. The molecule has 1 aromatic carbocycles. The lowest BCUT2D eigenvalue weighted by Crippen LogP contribution is -2.33. The van der Waals surface area contributed by atoms with Crippen molar-refractivity contribution in [2.75, 3.05) is 19.5 Å². The maximum atomic E-state index is 12.7. The molecule has 2 aromatic rings. The molecular weight excluding hydrogens is 413 g/mol. The van der Waals surface area contributed by atoms with Crippen LogP contribution < -0.4 is 10.3 Å². The fourth-order valence-corrected chi connectivity index (χ4v) is 2.92. The summed E-state index contributed by atoms with van der Waals surface area (Å²) < 4.78 is 67.2. The van der Waals surface area contributed by atoms with Crippen LogP contribution >= 0.6 is 0 Å². The predicted octanol–water partition coefficient (Wildman–Crippen LogP) is 2.27. The Kier molecular flexibility index (Phi) is 6.43. The average molecular weight is 434 g/mol. The maximum Gasteiger partial charge on any atom is 0.408 e. The smallest absolute Gasteiger partial charge is 0.408 e. The van der Waals surface area contributed by atoms with Crippen LogP contribution in [0.1, 0.15) is 13.8 Å². The molecule has 1 N–H and O–H groups in total. The topological polar surface area (TPSA) is 98.5 Å². The van der Waals surface area contributed by atoms with Crippen molar-refractivity contribution in [3.8, 4) is 16.9 Å². The van der Waals surface area contributed by atoms with E-state index in [9.17, 15) is 31.5 Å². The van der Waals surface area contributed by atoms with Gasteiger partial charge in [-0.3, -0.25) is 4.79 Å². The molecule has 0 aliphatic carbocycles. The molecule has 0 aliphatic rings. The van der Waals surface area contributed by atoms with Crippen LogP contribution in [0.3, 0.4) is 0 Å². The minimum Gasteiger partial charge on any atom is -0.487 e. The van der Waals surface area contributed by atoms with Gasteiger partial charge in [0, 0.05) is 17.2 Å². The molecule has 29 heavy (non-hydrogen) atoms. The number of nitrogens with zero attached hydrogens (tertiary/aromatic N) is 2. The van der Waals surface area contributed by atoms with E-state index >= 15 is 0 Å². The zero-order chi connectivity index (χ0) is 22.0. The van der Waals surface area contributed by atoms with Gasteiger partial charge >= 0.3 is 11.7 Å². The second-order valence-electron chi connectivity index (χ2n) is 7.37. The van der Waals surface area contributed by atoms with Gasteiger partial charge in [0.1, 0.15) is 6.54 Å². The number of aromatic nitrogens is 2. The molecule has 0 saturated heterocycles. The monoisotopic (exact) mass is 434 g/mol. The Morgan fingerprint density at radius 3 is 2.24 bits per heavy atom. The number of halogens is 3. The second kappa shape index (κ2) is 8.15. The van der Waals surface area contributed by atoms with Crippen molar-refractivity contribution in [1.29, 1.82) is 0 Å². The lowest BCUT2D eigenvalue weighted by atomic mass is 9.96. The number of alkyl halides is 3. The number of ether oxygens (including phenoxy) is 1. The van der Waals surface area contributed by atoms with Crippen molar-refractivity contribution in [1.82, 2.24) is 9.78 Å². The summed E-state index contributed by atoms with van der Waals surface area (Å²) in [6, 6.07) is 5.44. The Labute approximate surface area is 165 Å². The summed E-state index contributed by atoms with van der Waals surface area (Å²) >= 11 is 0. The van der Waals surface area contributed by atoms with Crippen molar-refractivity contribution in [2.45, 2.75) is 31.5 Å². The van der Waals surface area contributed by atoms with Crippen LogP contribution in [0.25, 0.3) is 11.1 Å². The SMILES string of the molecule is CC(C)(CO)COc1c(-c2ccc(S(C)(=O)=O)cc2)cnn(CC(F)(F)F)c1=O. The largest absolute Gasteiger partial charge is 0.487 e. The normalized spacial score (nSPS) is 12.8. The third-order valence-corrected chi connectivity index (χ3v) is 5.09. The quantitative estimate of drug-likeness (QED) is 0.718. The second-order valence-corrected chi connectivity index (χ2v) is 9.39. The van der Waals surface area contributed by atoms with Gasteiger partial charge in [0.25, 0.3) is 0 Å². The number of sulfone groups is 1. The van der Waals surface area contributed by atoms with Crippen LogP contribution in [0.15, 0.2) is 40.2 Å². The first kappa shape index (κ1) is 22.9. The third-order valence-electron chi connectivity index (χ3n) is 3.96. The lowest BCUT2D eigenvalue weighted by molar-refractivity contribution is -0.143. The molecular formula is C18H21F3N2O5S. The molecule has 0 saturated carbocycles. The van der Waals surface area contributed by atoms with Crippen LogP contribution in [-0.4, -0.2) is 49.0 Å². The van der Waals surface area contributed by atoms with Gasteiger partial charge < -0.3 is 9.84 Å². The van der Waals surface area contributed by atoms with Crippen LogP contribution in [0.2, 0.25) is 0 Å². The Hall–Kier alpha value is -2.40. The number of aliphatic hydroxyl groups is 1. The Morgan fingerprint density at radius 2 is 1.76 bits per heavy atom. The van der Waals surface area contributed by atoms with Gasteiger partial charge in [-0.15, -0.1) is 0 Å². The molecule has 7 nitrogen and oxygen atoms in total. The highest BCUT2D eigenvalue weighted by Gasteiger charge is 2.30. The van der Waals surface area contributed by atoms with E-state index in [1.54, 1.807) is 13.8 Å². The Bertz CT molecular complexity index is 1030. The van der Waals surface area contributed by atoms with E-state index in [-0.39, 0.29) is 34.1 Å². The molecule has 2 rings (SSSR count). The van der Waals surface area contributed by atoms with E-state index in [0.717, 1.165) is 12.5 Å². The molecule has 0 fully saturated rings. The molecule has 11 heteroatoms. The summed E-state index contributed by atoms with van der Waals surface area (Å²) in [5, 5.41) is 12.9. The lowest BCUT2D eigenvalue weighted by Gasteiger charge is -2.23. The van der Waals surface area contributed by atoms with Crippen LogP contribution in [-0.2, 0) is 16.4 Å². The first-order valence-electron chi connectivity index (χ1n) is 8.44. The van der Waals surface area contributed by atoms with E-state index in [1.165, 1.54) is 24.3 Å². The summed E-state index contributed by atoms with van der Waals surface area (Å²) in [6.45, 7) is 1.32. The standard InChI is InChI=1S/C18H21F3N2O5S/c1-17(2,10-24)11-28-15-14(8-22-23(16(15)25)9-18(19,20)21)12-4-6-13(7-5-12)29(3,26)27/h4-8,24H,9-11H2,1-3H3. The fourth-order valence-electron chi connectivity index (χ4n) is 2.29. The predicted molar refractivity (Wildman–Crippen MR) is 99.5 cm³/mol. The van der Waals surface area contributed by atoms with Gasteiger partial charge in [-0.05, 0) is 17.7 Å². The molecule has 0 aliphatic heterocycles. The molecule has 0 amide bonds. The highest BCUT2D eigenvalue weighted by atomic mass is 32.2. The average Bonchev–Trinajstić information content (AvgIpc) is 2.60. The van der Waals surface area contributed by atoms with Crippen molar-refractivity contribution in [2.24, 2.45) is 5.41 Å². The zero-order valence-corrected chi connectivity index (χ0v) is 16.8. The number of aliphatic hydroxyl groups excluding tert-OH is 1. The van der Waals surface area contributed by atoms with Gasteiger partial charge in [-0.2, -0.15) is 18.3 Å². The number of rotatable bonds is 7. The maximum absolute atomic E-state index is 12.7. The number of benzene rings is 1. The molecule has 0 unspecified atom stereocenters. The van der Waals surface area contributed by atoms with E-state index in [4.69, 9.17) is 4.74 Å². The summed E-state index contributed by atoms with van der Waals surface area (Å²) in [5.41, 5.74) is -1.37. The molecule has 0 atom stereocenters. The summed E-state index contributed by atoms with van der Waals surface area (Å²) in [7, 11) is -3.45. The Balaban J connectivity index is 2.55. The zero-order valence-electron chi connectivity index (χ0n) is 16.0. The summed E-state index contributed by atoms with van der Waals surface area (Å²) in [6.07, 6.45) is -2.56. The van der Waals surface area contributed by atoms with E-state index < -0.39 is 33.5 Å². The first-order chi connectivity index (χ1) is 13.2. The third kappa shape index (κ3) is 6.04. The number of hydrogen-bond donors (Lipinski definition) is 1. The van der Waals surface area contributed by atoms with Crippen molar-refractivity contribution in [3.63, 3.8) is 0 Å². The minimum absolute atomic E-state index is 0.0449. The van der Waals surface area contributed by atoms with Crippen molar-refractivity contribution >= 4 is 9.84 Å². The van der Waals surface area contributed by atoms with Crippen LogP contribution in [0.5, 0.6) is 5.75 Å². The Morgan fingerprint density at radius 1 is 1.17 bits per heavy atom. The molecule has 0 radical (unpaired) electrons. The van der Waals surface area contributed by atoms with E-state index in [2.05, 4.69) is 5.10 Å². The van der Waals surface area contributed by atoms with E-state index in [1.807, 2.05) is 0 Å². The fraction of sp³-hybridized carbons (Fsp3) is 0.444.